The minimum Gasteiger partial charge on any atom is -0.313 e. The maximum Gasteiger partial charge on any atom is 0.147 e. The molecule has 1 aromatic heterocycles. The summed E-state index contributed by atoms with van der Waals surface area (Å²) in [5, 5.41) is 16.0. The molecule has 1 N–H and O–H groups in total. The molecule has 1 heterocycles. The van der Waals surface area contributed by atoms with Crippen molar-refractivity contribution in [2.75, 3.05) is 7.05 Å². The number of rotatable bonds is 3. The molecule has 0 aliphatic rings. The molecule has 4 heteroatoms. The van der Waals surface area contributed by atoms with E-state index in [1.54, 1.807) is 11.3 Å². The molecule has 0 saturated carbocycles. The molecule has 0 aliphatic carbocycles. The lowest BCUT2D eigenvalue weighted by atomic mass is 10.1. The van der Waals surface area contributed by atoms with Gasteiger partial charge in [-0.2, -0.15) is 0 Å². The molecule has 0 saturated heterocycles. The van der Waals surface area contributed by atoms with Crippen LogP contribution in [-0.4, -0.2) is 17.2 Å². The largest absolute Gasteiger partial charge is 0.313 e. The van der Waals surface area contributed by atoms with Crippen LogP contribution in [-0.2, 0) is 6.54 Å². The molecule has 0 unspecified atom stereocenters. The van der Waals surface area contributed by atoms with E-state index in [2.05, 4.69) is 58.0 Å². The van der Waals surface area contributed by atoms with Gasteiger partial charge in [0.15, 0.2) is 0 Å². The number of hydrogen-bond acceptors (Lipinski definition) is 4. The molecular formula is C14H13N3S. The molecular weight excluding hydrogens is 242 g/mol. The summed E-state index contributed by atoms with van der Waals surface area (Å²) in [7, 11) is 1.91. The number of nitrogens with one attached hydrogen (secondary N) is 1. The van der Waals surface area contributed by atoms with E-state index < -0.39 is 0 Å². The molecule has 2 aromatic carbocycles. The molecule has 0 amide bonds. The minimum absolute atomic E-state index is 0.769. The van der Waals surface area contributed by atoms with Gasteiger partial charge in [-0.05, 0) is 23.9 Å². The summed E-state index contributed by atoms with van der Waals surface area (Å²) in [5.74, 6) is 0. The zero-order valence-electron chi connectivity index (χ0n) is 10.1. The van der Waals surface area contributed by atoms with Crippen molar-refractivity contribution in [3.05, 3.63) is 47.5 Å². The van der Waals surface area contributed by atoms with Gasteiger partial charge in [0.2, 0.25) is 0 Å². The van der Waals surface area contributed by atoms with E-state index in [4.69, 9.17) is 0 Å². The normalized spacial score (nSPS) is 10.9. The van der Waals surface area contributed by atoms with Gasteiger partial charge in [0.25, 0.3) is 0 Å². The Morgan fingerprint density at radius 3 is 2.72 bits per heavy atom. The van der Waals surface area contributed by atoms with Crippen LogP contribution in [0.25, 0.3) is 21.3 Å². The number of fused-ring (bicyclic) bond motifs is 1. The van der Waals surface area contributed by atoms with Gasteiger partial charge in [0, 0.05) is 12.1 Å². The average Bonchev–Trinajstić information content (AvgIpc) is 2.87. The molecule has 3 aromatic rings. The van der Waals surface area contributed by atoms with Crippen LogP contribution >= 0.6 is 11.3 Å². The van der Waals surface area contributed by atoms with Crippen LogP contribution in [0, 0.1) is 0 Å². The van der Waals surface area contributed by atoms with E-state index >= 15 is 0 Å². The molecule has 0 spiro atoms. The predicted molar refractivity (Wildman–Crippen MR) is 75.6 cm³/mol. The van der Waals surface area contributed by atoms with Crippen molar-refractivity contribution in [1.82, 2.24) is 15.5 Å². The van der Waals surface area contributed by atoms with Crippen molar-refractivity contribution in [1.29, 1.82) is 0 Å². The zero-order chi connectivity index (χ0) is 12.4. The van der Waals surface area contributed by atoms with Gasteiger partial charge in [0.1, 0.15) is 10.0 Å². The fourth-order valence-electron chi connectivity index (χ4n) is 1.92. The second-order valence-corrected chi connectivity index (χ2v) is 5.16. The molecule has 0 aliphatic heterocycles. The summed E-state index contributed by atoms with van der Waals surface area (Å²) in [4.78, 5) is 0. The highest BCUT2D eigenvalue weighted by Gasteiger charge is 2.06. The fourth-order valence-corrected chi connectivity index (χ4v) is 2.76. The van der Waals surface area contributed by atoms with Gasteiger partial charge >= 0.3 is 0 Å². The van der Waals surface area contributed by atoms with Crippen LogP contribution in [0.1, 0.15) is 5.01 Å². The summed E-state index contributed by atoms with van der Waals surface area (Å²) in [6.07, 6.45) is 0. The lowest BCUT2D eigenvalue weighted by Crippen LogP contribution is -2.04. The van der Waals surface area contributed by atoms with Gasteiger partial charge in [0.05, 0.1) is 0 Å². The second-order valence-electron chi connectivity index (χ2n) is 4.09. The summed E-state index contributed by atoms with van der Waals surface area (Å²) in [5.41, 5.74) is 1.13. The first-order chi connectivity index (χ1) is 8.86. The van der Waals surface area contributed by atoms with Crippen LogP contribution in [0.3, 0.4) is 0 Å². The Morgan fingerprint density at radius 1 is 1.06 bits per heavy atom. The van der Waals surface area contributed by atoms with Crippen molar-refractivity contribution in [2.24, 2.45) is 0 Å². The SMILES string of the molecule is CNCc1nnc(-c2ccc3ccccc3c2)s1. The first-order valence-electron chi connectivity index (χ1n) is 5.83. The van der Waals surface area contributed by atoms with Gasteiger partial charge in [-0.25, -0.2) is 0 Å². The first-order valence-corrected chi connectivity index (χ1v) is 6.64. The second kappa shape index (κ2) is 4.84. The van der Waals surface area contributed by atoms with Gasteiger partial charge in [-0.15, -0.1) is 10.2 Å². The summed E-state index contributed by atoms with van der Waals surface area (Å²) in [6.45, 7) is 0.769. The molecule has 0 radical (unpaired) electrons. The highest BCUT2D eigenvalue weighted by Crippen LogP contribution is 2.26. The van der Waals surface area contributed by atoms with Crippen LogP contribution in [0.4, 0.5) is 0 Å². The van der Waals surface area contributed by atoms with Gasteiger partial charge in [-0.3, -0.25) is 0 Å². The van der Waals surface area contributed by atoms with Crippen LogP contribution < -0.4 is 5.32 Å². The lowest BCUT2D eigenvalue weighted by molar-refractivity contribution is 0.795. The third kappa shape index (κ3) is 2.12. The third-order valence-electron chi connectivity index (χ3n) is 2.79. The van der Waals surface area contributed by atoms with E-state index in [0.717, 1.165) is 22.1 Å². The number of nitrogens with zero attached hydrogens (tertiary/aromatic N) is 2. The first kappa shape index (κ1) is 11.3. The van der Waals surface area contributed by atoms with Crippen molar-refractivity contribution < 1.29 is 0 Å². The van der Waals surface area contributed by atoms with E-state index in [-0.39, 0.29) is 0 Å². The maximum absolute atomic E-state index is 4.24. The highest BCUT2D eigenvalue weighted by molar-refractivity contribution is 7.14. The molecule has 90 valence electrons. The standard InChI is InChI=1S/C14H13N3S/c1-15-9-13-16-17-14(18-13)12-7-6-10-4-2-3-5-11(10)8-12/h2-8,15H,9H2,1H3. The fraction of sp³-hybridized carbons (Fsp3) is 0.143. The Kier molecular flexibility index (Phi) is 3.04. The summed E-state index contributed by atoms with van der Waals surface area (Å²) >= 11 is 1.63. The summed E-state index contributed by atoms with van der Waals surface area (Å²) in [6, 6.07) is 14.7. The van der Waals surface area contributed by atoms with Crippen molar-refractivity contribution >= 4 is 22.1 Å². The molecule has 0 fully saturated rings. The Bertz CT molecular complexity index is 675. The van der Waals surface area contributed by atoms with E-state index in [9.17, 15) is 0 Å². The van der Waals surface area contributed by atoms with Gasteiger partial charge in [-0.1, -0.05) is 47.7 Å². The topological polar surface area (TPSA) is 37.8 Å². The molecule has 3 rings (SSSR count). The molecule has 0 bridgehead atoms. The monoisotopic (exact) mass is 255 g/mol. The molecule has 18 heavy (non-hydrogen) atoms. The summed E-state index contributed by atoms with van der Waals surface area (Å²) < 4.78 is 0. The quantitative estimate of drug-likeness (QED) is 0.781. The smallest absolute Gasteiger partial charge is 0.147 e. The predicted octanol–water partition coefficient (Wildman–Crippen LogP) is 3.08. The average molecular weight is 255 g/mol. The zero-order valence-corrected chi connectivity index (χ0v) is 10.9. The van der Waals surface area contributed by atoms with Crippen LogP contribution in [0.2, 0.25) is 0 Å². The van der Waals surface area contributed by atoms with Crippen molar-refractivity contribution in [2.45, 2.75) is 6.54 Å². The van der Waals surface area contributed by atoms with Crippen molar-refractivity contribution in [3.63, 3.8) is 0 Å². The lowest BCUT2D eigenvalue weighted by Gasteiger charge is -1.99. The Hall–Kier alpha value is -1.78. The number of aromatic nitrogens is 2. The maximum atomic E-state index is 4.24. The highest BCUT2D eigenvalue weighted by atomic mass is 32.1. The molecule has 3 nitrogen and oxygen atoms in total. The number of hydrogen-bond donors (Lipinski definition) is 1. The Balaban J connectivity index is 2.02. The minimum atomic E-state index is 0.769. The van der Waals surface area contributed by atoms with Crippen molar-refractivity contribution in [3.8, 4) is 10.6 Å². The Morgan fingerprint density at radius 2 is 1.89 bits per heavy atom. The third-order valence-corrected chi connectivity index (χ3v) is 3.76. The molecule has 0 atom stereocenters. The van der Waals surface area contributed by atoms with Crippen LogP contribution in [0.15, 0.2) is 42.5 Å². The van der Waals surface area contributed by atoms with E-state index in [1.165, 1.54) is 10.8 Å². The van der Waals surface area contributed by atoms with E-state index in [0.29, 0.717) is 0 Å². The Labute approximate surface area is 109 Å². The number of benzene rings is 2. The van der Waals surface area contributed by atoms with Crippen LogP contribution in [0.5, 0.6) is 0 Å². The van der Waals surface area contributed by atoms with E-state index in [1.807, 2.05) is 7.05 Å². The van der Waals surface area contributed by atoms with Gasteiger partial charge < -0.3 is 5.32 Å².